The maximum Gasteiger partial charge on any atom is 0.0781 e. The smallest absolute Gasteiger partial charge is 0.0781 e. The number of aromatic nitrogens is 1. The number of aliphatic imine (C=N–C) groups is 1. The van der Waals surface area contributed by atoms with E-state index in [1.54, 1.807) is 0 Å². The molecule has 3 heteroatoms. The Morgan fingerprint density at radius 1 is 0.840 bits per heavy atom. The molecule has 25 heavy (non-hydrogen) atoms. The van der Waals surface area contributed by atoms with Crippen molar-refractivity contribution in [3.05, 3.63) is 101 Å². The fourth-order valence-corrected chi connectivity index (χ4v) is 3.27. The summed E-state index contributed by atoms with van der Waals surface area (Å²) in [6, 6.07) is 26.5. The Balaban J connectivity index is 1.92. The molecular formula is C22H17ClN2. The molecule has 0 bridgehead atoms. The van der Waals surface area contributed by atoms with Crippen LogP contribution < -0.4 is 0 Å². The molecule has 4 aromatic rings. The number of halogens is 1. The zero-order valence-electron chi connectivity index (χ0n) is 13.9. The molecule has 122 valence electrons. The van der Waals surface area contributed by atoms with Gasteiger partial charge in [-0.2, -0.15) is 0 Å². The van der Waals surface area contributed by atoms with Crippen LogP contribution in [0.15, 0.2) is 90.1 Å². The Kier molecular flexibility index (Phi) is 4.12. The zero-order valence-corrected chi connectivity index (χ0v) is 14.6. The van der Waals surface area contributed by atoms with E-state index in [1.165, 1.54) is 0 Å². The molecule has 2 nitrogen and oxygen atoms in total. The molecule has 0 saturated carbocycles. The Bertz CT molecular complexity index is 1010. The summed E-state index contributed by atoms with van der Waals surface area (Å²) in [5.41, 5.74) is 5.02. The van der Waals surface area contributed by atoms with Gasteiger partial charge in [0.2, 0.25) is 0 Å². The molecule has 1 heterocycles. The molecule has 4 rings (SSSR count). The SMILES string of the molecule is Cn1ccc2c(Cl)cc(N=C(c3ccccc3)c3ccccc3)cc21. The summed E-state index contributed by atoms with van der Waals surface area (Å²) in [6.07, 6.45) is 2.01. The van der Waals surface area contributed by atoms with Crippen LogP contribution in [0, 0.1) is 0 Å². The van der Waals surface area contributed by atoms with Crippen molar-refractivity contribution in [1.82, 2.24) is 4.57 Å². The lowest BCUT2D eigenvalue weighted by Crippen LogP contribution is -2.02. The highest BCUT2D eigenvalue weighted by Gasteiger charge is 2.09. The van der Waals surface area contributed by atoms with E-state index in [0.29, 0.717) is 0 Å². The van der Waals surface area contributed by atoms with Gasteiger partial charge in [0, 0.05) is 29.8 Å². The lowest BCUT2D eigenvalue weighted by molar-refractivity contribution is 0.969. The molecule has 3 aromatic carbocycles. The highest BCUT2D eigenvalue weighted by Crippen LogP contribution is 2.30. The summed E-state index contributed by atoms with van der Waals surface area (Å²) in [5.74, 6) is 0. The minimum Gasteiger partial charge on any atom is -0.350 e. The van der Waals surface area contributed by atoms with Gasteiger partial charge in [-0.15, -0.1) is 0 Å². The molecule has 0 unspecified atom stereocenters. The first-order valence-corrected chi connectivity index (χ1v) is 8.54. The van der Waals surface area contributed by atoms with Crippen molar-refractivity contribution in [1.29, 1.82) is 0 Å². The summed E-state index contributed by atoms with van der Waals surface area (Å²) < 4.78 is 2.06. The standard InChI is InChI=1S/C22H17ClN2/c1-25-13-12-19-20(23)14-18(15-21(19)25)24-22(16-8-4-2-5-9-16)17-10-6-3-7-11-17/h2-15H,1H3. The summed E-state index contributed by atoms with van der Waals surface area (Å²) in [7, 11) is 2.02. The molecule has 0 radical (unpaired) electrons. The van der Waals surface area contributed by atoms with Gasteiger partial charge in [0.25, 0.3) is 0 Å². The highest BCUT2D eigenvalue weighted by molar-refractivity contribution is 6.35. The van der Waals surface area contributed by atoms with Gasteiger partial charge in [-0.1, -0.05) is 72.3 Å². The lowest BCUT2D eigenvalue weighted by Gasteiger charge is -2.08. The first-order chi connectivity index (χ1) is 12.2. The van der Waals surface area contributed by atoms with Crippen LogP contribution in [-0.2, 0) is 7.05 Å². The number of fused-ring (bicyclic) bond motifs is 1. The summed E-state index contributed by atoms with van der Waals surface area (Å²) in [6.45, 7) is 0. The van der Waals surface area contributed by atoms with Crippen LogP contribution in [0.1, 0.15) is 11.1 Å². The topological polar surface area (TPSA) is 17.3 Å². The van der Waals surface area contributed by atoms with Crippen LogP contribution in [0.4, 0.5) is 5.69 Å². The number of aryl methyl sites for hydroxylation is 1. The second kappa shape index (κ2) is 6.58. The summed E-state index contributed by atoms with van der Waals surface area (Å²) in [5, 5.41) is 1.77. The van der Waals surface area contributed by atoms with Crippen LogP contribution in [0.25, 0.3) is 10.9 Å². The summed E-state index contributed by atoms with van der Waals surface area (Å²) >= 11 is 6.47. The third-order valence-corrected chi connectivity index (χ3v) is 4.59. The van der Waals surface area contributed by atoms with Gasteiger partial charge in [-0.3, -0.25) is 0 Å². The summed E-state index contributed by atoms with van der Waals surface area (Å²) in [4.78, 5) is 4.95. The average Bonchev–Trinajstić information content (AvgIpc) is 3.03. The molecule has 1 aromatic heterocycles. The number of nitrogens with zero attached hydrogens (tertiary/aromatic N) is 2. The second-order valence-corrected chi connectivity index (χ2v) is 6.39. The van der Waals surface area contributed by atoms with E-state index in [4.69, 9.17) is 16.6 Å². The fourth-order valence-electron chi connectivity index (χ4n) is 2.99. The normalized spacial score (nSPS) is 10.8. The van der Waals surface area contributed by atoms with Crippen molar-refractivity contribution in [3.63, 3.8) is 0 Å². The highest BCUT2D eigenvalue weighted by atomic mass is 35.5. The van der Waals surface area contributed by atoms with Gasteiger partial charge in [-0.25, -0.2) is 4.99 Å². The largest absolute Gasteiger partial charge is 0.350 e. The van der Waals surface area contributed by atoms with E-state index < -0.39 is 0 Å². The van der Waals surface area contributed by atoms with Crippen LogP contribution in [-0.4, -0.2) is 10.3 Å². The predicted molar refractivity (Wildman–Crippen MR) is 106 cm³/mol. The molecule has 0 aliphatic heterocycles. The van der Waals surface area contributed by atoms with Crippen LogP contribution >= 0.6 is 11.6 Å². The quantitative estimate of drug-likeness (QED) is 0.405. The maximum atomic E-state index is 6.47. The van der Waals surface area contributed by atoms with Gasteiger partial charge in [0.05, 0.1) is 21.9 Å². The molecule has 0 atom stereocenters. The van der Waals surface area contributed by atoms with Gasteiger partial charge in [-0.05, 0) is 18.2 Å². The first kappa shape index (κ1) is 15.7. The lowest BCUT2D eigenvalue weighted by atomic mass is 10.0. The maximum absolute atomic E-state index is 6.47. The number of benzene rings is 3. The minimum atomic E-state index is 0.720. The van der Waals surface area contributed by atoms with Crippen LogP contribution in [0.2, 0.25) is 5.02 Å². The number of hydrogen-bond donors (Lipinski definition) is 0. The van der Waals surface area contributed by atoms with Gasteiger partial charge in [0.1, 0.15) is 0 Å². The predicted octanol–water partition coefficient (Wildman–Crippen LogP) is 6.00. The molecule has 0 amide bonds. The van der Waals surface area contributed by atoms with Gasteiger partial charge in [0.15, 0.2) is 0 Å². The first-order valence-electron chi connectivity index (χ1n) is 8.16. The molecule has 0 spiro atoms. The second-order valence-electron chi connectivity index (χ2n) is 5.98. The van der Waals surface area contributed by atoms with E-state index in [0.717, 1.165) is 38.5 Å². The van der Waals surface area contributed by atoms with Crippen molar-refractivity contribution in [2.24, 2.45) is 12.0 Å². The Labute approximate surface area is 152 Å². The van der Waals surface area contributed by atoms with E-state index in [-0.39, 0.29) is 0 Å². The molecular weight excluding hydrogens is 328 g/mol. The van der Waals surface area contributed by atoms with Crippen LogP contribution in [0.5, 0.6) is 0 Å². The van der Waals surface area contributed by atoms with E-state index in [2.05, 4.69) is 34.9 Å². The van der Waals surface area contributed by atoms with Crippen molar-refractivity contribution < 1.29 is 0 Å². The van der Waals surface area contributed by atoms with Crippen LogP contribution in [0.3, 0.4) is 0 Å². The van der Waals surface area contributed by atoms with Crippen molar-refractivity contribution in [2.45, 2.75) is 0 Å². The van der Waals surface area contributed by atoms with E-state index in [9.17, 15) is 0 Å². The van der Waals surface area contributed by atoms with Gasteiger partial charge < -0.3 is 4.57 Å². The Morgan fingerprint density at radius 2 is 1.44 bits per heavy atom. The minimum absolute atomic E-state index is 0.720. The van der Waals surface area contributed by atoms with Crippen molar-refractivity contribution in [2.75, 3.05) is 0 Å². The van der Waals surface area contributed by atoms with Crippen molar-refractivity contribution in [3.8, 4) is 0 Å². The molecule has 0 N–H and O–H groups in total. The number of hydrogen-bond acceptors (Lipinski definition) is 1. The Hall–Kier alpha value is -2.84. The van der Waals surface area contributed by atoms with Crippen molar-refractivity contribution >= 4 is 33.9 Å². The molecule has 0 aliphatic carbocycles. The fraction of sp³-hybridized carbons (Fsp3) is 0.0455. The zero-order chi connectivity index (χ0) is 17.2. The average molecular weight is 345 g/mol. The monoisotopic (exact) mass is 344 g/mol. The molecule has 0 fully saturated rings. The molecule has 0 saturated heterocycles. The third-order valence-electron chi connectivity index (χ3n) is 4.27. The van der Waals surface area contributed by atoms with Gasteiger partial charge >= 0.3 is 0 Å². The number of rotatable bonds is 3. The van der Waals surface area contributed by atoms with E-state index >= 15 is 0 Å². The Morgan fingerprint density at radius 3 is 2.04 bits per heavy atom. The van der Waals surface area contributed by atoms with E-state index in [1.807, 2.05) is 61.8 Å². The third kappa shape index (κ3) is 3.09. The molecule has 0 aliphatic rings.